The summed E-state index contributed by atoms with van der Waals surface area (Å²) in [6.45, 7) is 2.00. The molecule has 3 aliphatic rings. The molecule has 1 saturated carbocycles. The molecule has 3 heterocycles. The van der Waals surface area contributed by atoms with Crippen molar-refractivity contribution in [3.8, 4) is 5.75 Å². The minimum Gasteiger partial charge on any atom is -0.486 e. The number of carbonyl (C=O) groups excluding carboxylic acids is 2. The molecule has 0 bridgehead atoms. The number of carbonyl (C=O) groups is 2. The third-order valence-electron chi connectivity index (χ3n) is 7.52. The molecule has 6 rings (SSSR count). The Morgan fingerprint density at radius 1 is 1.05 bits per heavy atom. The molecule has 38 heavy (non-hydrogen) atoms. The monoisotopic (exact) mass is 518 g/mol. The highest BCUT2D eigenvalue weighted by Gasteiger charge is 2.39. The molecule has 8 heteroatoms. The Morgan fingerprint density at radius 3 is 2.66 bits per heavy atom. The van der Waals surface area contributed by atoms with Gasteiger partial charge in [-0.15, -0.1) is 0 Å². The van der Waals surface area contributed by atoms with E-state index in [2.05, 4.69) is 5.32 Å². The number of hydrogen-bond acceptors (Lipinski definition) is 5. The molecule has 1 aliphatic carbocycles. The van der Waals surface area contributed by atoms with Crippen LogP contribution in [-0.4, -0.2) is 42.5 Å². The highest BCUT2D eigenvalue weighted by Crippen LogP contribution is 2.41. The van der Waals surface area contributed by atoms with Crippen LogP contribution in [0.15, 0.2) is 59.0 Å². The van der Waals surface area contributed by atoms with E-state index in [9.17, 15) is 14.0 Å². The molecule has 1 saturated heterocycles. The Bertz CT molecular complexity index is 1310. The fourth-order valence-electron chi connectivity index (χ4n) is 5.32. The summed E-state index contributed by atoms with van der Waals surface area (Å²) in [4.78, 5) is 27.5. The Morgan fingerprint density at radius 2 is 1.89 bits per heavy atom. The maximum absolute atomic E-state index is 13.7. The van der Waals surface area contributed by atoms with Crippen LogP contribution in [0, 0.1) is 11.7 Å². The lowest BCUT2D eigenvalue weighted by Gasteiger charge is -2.38. The number of fused-ring (bicyclic) bond motifs is 1. The van der Waals surface area contributed by atoms with Crippen molar-refractivity contribution in [1.29, 1.82) is 0 Å². The first-order valence-electron chi connectivity index (χ1n) is 13.4. The molecule has 0 spiro atoms. The molecule has 0 radical (unpaired) electrons. The highest BCUT2D eigenvalue weighted by molar-refractivity contribution is 5.91. The maximum atomic E-state index is 13.7. The van der Waals surface area contributed by atoms with Gasteiger partial charge >= 0.3 is 0 Å². The van der Waals surface area contributed by atoms with Gasteiger partial charge in [0.15, 0.2) is 5.76 Å². The second-order valence-corrected chi connectivity index (χ2v) is 10.3. The van der Waals surface area contributed by atoms with Crippen molar-refractivity contribution >= 4 is 11.8 Å². The standard InChI is InChI=1S/C30H31FN2O5/c31-22-8-5-20(6-9-22)28-26-16-23(10-7-19(26)13-14-33(28)30(35)21-3-4-21)37-18-25-11-12-27(38-25)29(34)32-17-24-2-1-15-36-24/h5-12,16,21,24,28H,1-4,13-15,17-18H2,(H,32,34). The molecular formula is C30H31FN2O5. The minimum atomic E-state index is -0.305. The van der Waals surface area contributed by atoms with Crippen LogP contribution in [0.5, 0.6) is 5.75 Å². The van der Waals surface area contributed by atoms with Crippen molar-refractivity contribution < 1.29 is 27.9 Å². The van der Waals surface area contributed by atoms with Crippen LogP contribution in [0.2, 0.25) is 0 Å². The van der Waals surface area contributed by atoms with Crippen molar-refractivity contribution in [2.45, 2.75) is 50.9 Å². The van der Waals surface area contributed by atoms with Crippen LogP contribution in [-0.2, 0) is 22.6 Å². The maximum Gasteiger partial charge on any atom is 0.287 e. The molecular weight excluding hydrogens is 487 g/mol. The quantitative estimate of drug-likeness (QED) is 0.464. The van der Waals surface area contributed by atoms with Crippen LogP contribution in [0.4, 0.5) is 4.39 Å². The van der Waals surface area contributed by atoms with E-state index >= 15 is 0 Å². The van der Waals surface area contributed by atoms with Crippen LogP contribution in [0.1, 0.15) is 64.7 Å². The molecule has 2 amide bonds. The molecule has 2 fully saturated rings. The summed E-state index contributed by atoms with van der Waals surface area (Å²) in [5.41, 5.74) is 3.01. The van der Waals surface area contributed by atoms with Crippen molar-refractivity contribution in [3.05, 3.63) is 88.6 Å². The van der Waals surface area contributed by atoms with Gasteiger partial charge in [-0.25, -0.2) is 4.39 Å². The summed E-state index contributed by atoms with van der Waals surface area (Å²) in [5.74, 6) is 1.08. The topological polar surface area (TPSA) is 81.0 Å². The number of benzene rings is 2. The van der Waals surface area contributed by atoms with E-state index in [1.807, 2.05) is 23.1 Å². The first-order valence-corrected chi connectivity index (χ1v) is 13.4. The Hall–Kier alpha value is -3.65. The van der Waals surface area contributed by atoms with Crippen molar-refractivity contribution in [1.82, 2.24) is 10.2 Å². The SMILES string of the molecule is O=C(NCC1CCCO1)c1ccc(COc2ccc3c(c2)C(c2ccc(F)cc2)N(C(=O)C2CC2)CC3)o1. The summed E-state index contributed by atoms with van der Waals surface area (Å²) >= 11 is 0. The Labute approximate surface area is 220 Å². The lowest BCUT2D eigenvalue weighted by atomic mass is 9.87. The molecule has 2 aliphatic heterocycles. The first-order chi connectivity index (χ1) is 18.5. The second kappa shape index (κ2) is 10.6. The number of amides is 2. The zero-order chi connectivity index (χ0) is 26.1. The average molecular weight is 519 g/mol. The van der Waals surface area contributed by atoms with E-state index in [0.29, 0.717) is 24.6 Å². The normalized spacial score (nSPS) is 20.7. The number of rotatable bonds is 8. The molecule has 2 atom stereocenters. The number of nitrogens with zero attached hydrogens (tertiary/aromatic N) is 1. The summed E-state index contributed by atoms with van der Waals surface area (Å²) < 4.78 is 31.0. The van der Waals surface area contributed by atoms with Gasteiger partial charge in [-0.05, 0) is 85.2 Å². The minimum absolute atomic E-state index is 0.0648. The smallest absolute Gasteiger partial charge is 0.287 e. The molecule has 3 aromatic rings. The summed E-state index contributed by atoms with van der Waals surface area (Å²) in [5, 5.41) is 2.86. The summed E-state index contributed by atoms with van der Waals surface area (Å²) in [7, 11) is 0. The Kier molecular flexibility index (Phi) is 6.89. The van der Waals surface area contributed by atoms with Gasteiger partial charge in [0, 0.05) is 25.6 Å². The van der Waals surface area contributed by atoms with Crippen LogP contribution < -0.4 is 10.1 Å². The van der Waals surface area contributed by atoms with Crippen molar-refractivity contribution in [3.63, 3.8) is 0 Å². The van der Waals surface area contributed by atoms with Crippen molar-refractivity contribution in [2.75, 3.05) is 19.7 Å². The zero-order valence-corrected chi connectivity index (χ0v) is 21.2. The largest absolute Gasteiger partial charge is 0.486 e. The number of furan rings is 1. The number of halogens is 1. The van der Waals surface area contributed by atoms with E-state index in [0.717, 1.165) is 55.4 Å². The van der Waals surface area contributed by atoms with E-state index in [-0.39, 0.29) is 48.1 Å². The van der Waals surface area contributed by atoms with Gasteiger partial charge < -0.3 is 24.1 Å². The molecule has 2 aromatic carbocycles. The number of ether oxygens (including phenoxy) is 2. The third-order valence-corrected chi connectivity index (χ3v) is 7.52. The number of nitrogens with one attached hydrogen (secondary N) is 1. The molecule has 1 N–H and O–H groups in total. The zero-order valence-electron chi connectivity index (χ0n) is 21.2. The van der Waals surface area contributed by atoms with Gasteiger partial charge in [-0.3, -0.25) is 9.59 Å². The molecule has 1 aromatic heterocycles. The predicted molar refractivity (Wildman–Crippen MR) is 137 cm³/mol. The fourth-order valence-corrected chi connectivity index (χ4v) is 5.32. The average Bonchev–Trinajstić information content (AvgIpc) is 3.44. The second-order valence-electron chi connectivity index (χ2n) is 10.3. The Balaban J connectivity index is 1.16. The van der Waals surface area contributed by atoms with Gasteiger partial charge in [0.1, 0.15) is 23.9 Å². The van der Waals surface area contributed by atoms with Gasteiger partial charge in [0.05, 0.1) is 12.1 Å². The van der Waals surface area contributed by atoms with Gasteiger partial charge in [0.25, 0.3) is 5.91 Å². The summed E-state index contributed by atoms with van der Waals surface area (Å²) in [6, 6.07) is 15.4. The third kappa shape index (κ3) is 5.31. The molecule has 2 unspecified atom stereocenters. The summed E-state index contributed by atoms with van der Waals surface area (Å²) in [6.07, 6.45) is 4.65. The lowest BCUT2D eigenvalue weighted by molar-refractivity contribution is -0.134. The van der Waals surface area contributed by atoms with Crippen LogP contribution >= 0.6 is 0 Å². The molecule has 7 nitrogen and oxygen atoms in total. The van der Waals surface area contributed by atoms with Crippen LogP contribution in [0.25, 0.3) is 0 Å². The van der Waals surface area contributed by atoms with E-state index in [1.165, 1.54) is 12.1 Å². The van der Waals surface area contributed by atoms with Crippen molar-refractivity contribution in [2.24, 2.45) is 5.92 Å². The predicted octanol–water partition coefficient (Wildman–Crippen LogP) is 4.79. The fraction of sp³-hybridized carbons (Fsp3) is 0.400. The van der Waals surface area contributed by atoms with Gasteiger partial charge in [-0.2, -0.15) is 0 Å². The van der Waals surface area contributed by atoms with Gasteiger partial charge in [-0.1, -0.05) is 18.2 Å². The van der Waals surface area contributed by atoms with Crippen LogP contribution in [0.3, 0.4) is 0 Å². The van der Waals surface area contributed by atoms with Gasteiger partial charge in [0.2, 0.25) is 5.91 Å². The van der Waals surface area contributed by atoms with E-state index < -0.39 is 0 Å². The molecule has 198 valence electrons. The first kappa shape index (κ1) is 24.7. The highest BCUT2D eigenvalue weighted by atomic mass is 19.1. The number of hydrogen-bond donors (Lipinski definition) is 1. The van der Waals surface area contributed by atoms with E-state index in [4.69, 9.17) is 13.9 Å². The lowest BCUT2D eigenvalue weighted by Crippen LogP contribution is -2.41. The van der Waals surface area contributed by atoms with E-state index in [1.54, 1.807) is 24.3 Å².